The summed E-state index contributed by atoms with van der Waals surface area (Å²) in [6.45, 7) is 2.22. The second-order valence-corrected chi connectivity index (χ2v) is 5.72. The smallest absolute Gasteiger partial charge is 0.243 e. The van der Waals surface area contributed by atoms with Crippen molar-refractivity contribution in [1.82, 2.24) is 5.48 Å². The van der Waals surface area contributed by atoms with Gasteiger partial charge in [0.2, 0.25) is 5.91 Å². The number of hydrogen-bond acceptors (Lipinski definition) is 3. The lowest BCUT2D eigenvalue weighted by Gasteiger charge is -2.03. The molecular weight excluding hydrogens is 302 g/mol. The first-order chi connectivity index (χ1) is 11.7. The molecule has 0 heterocycles. The van der Waals surface area contributed by atoms with Crippen LogP contribution in [0.4, 0.5) is 0 Å². The van der Waals surface area contributed by atoms with E-state index in [1.807, 2.05) is 18.2 Å². The fourth-order valence-corrected chi connectivity index (χ4v) is 2.05. The van der Waals surface area contributed by atoms with E-state index >= 15 is 0 Å². The van der Waals surface area contributed by atoms with E-state index in [-0.39, 0.29) is 6.42 Å². The van der Waals surface area contributed by atoms with Crippen molar-refractivity contribution in [3.63, 3.8) is 0 Å². The Morgan fingerprint density at radius 2 is 1.71 bits per heavy atom. The van der Waals surface area contributed by atoms with Crippen LogP contribution in [-0.4, -0.2) is 22.3 Å². The van der Waals surface area contributed by atoms with Gasteiger partial charge in [-0.25, -0.2) is 5.48 Å². The van der Waals surface area contributed by atoms with Crippen molar-refractivity contribution < 1.29 is 15.1 Å². The first kappa shape index (κ1) is 22.4. The molecule has 0 saturated heterocycles. The Morgan fingerprint density at radius 1 is 1.00 bits per heavy atom. The van der Waals surface area contributed by atoms with E-state index in [1.165, 1.54) is 25.7 Å². The lowest BCUT2D eigenvalue weighted by molar-refractivity contribution is -0.129. The monoisotopic (exact) mass is 335 g/mol. The van der Waals surface area contributed by atoms with Gasteiger partial charge in [-0.2, -0.15) is 0 Å². The molecule has 1 atom stereocenters. The number of allylic oxidation sites excluding steroid dienone is 7. The summed E-state index contributed by atoms with van der Waals surface area (Å²) in [4.78, 5) is 10.8. The van der Waals surface area contributed by atoms with Crippen molar-refractivity contribution in [2.75, 3.05) is 0 Å². The summed E-state index contributed by atoms with van der Waals surface area (Å²) in [7, 11) is 0. The lowest BCUT2D eigenvalue weighted by Crippen LogP contribution is -2.18. The standard InChI is InChI=1S/C20H33NO3/c1-2-3-4-5-6-7-8-9-10-11-12-13-14-16-19(22)17-15-18-20(23)21-24/h6-7,9-10,12-14,16,19,22,24H,2-5,8,11,15,17-18H2,1H3,(H,21,23)/b7-6-,10-9-,13-12-,16-14+. The maximum Gasteiger partial charge on any atom is 0.243 e. The van der Waals surface area contributed by atoms with Crippen molar-refractivity contribution in [3.05, 3.63) is 48.6 Å². The van der Waals surface area contributed by atoms with Crippen LogP contribution in [0.25, 0.3) is 0 Å². The molecule has 0 rings (SSSR count). The predicted octanol–water partition coefficient (Wildman–Crippen LogP) is 4.61. The number of amides is 1. The fraction of sp³-hybridized carbons (Fsp3) is 0.550. The maximum atomic E-state index is 10.8. The maximum absolute atomic E-state index is 10.8. The van der Waals surface area contributed by atoms with Crippen molar-refractivity contribution in [1.29, 1.82) is 0 Å². The lowest BCUT2D eigenvalue weighted by atomic mass is 10.1. The minimum Gasteiger partial charge on any atom is -0.389 e. The number of nitrogens with one attached hydrogen (secondary N) is 1. The SMILES string of the molecule is CCCCC/C=C\C/C=C\C/C=C\C=C\C(O)CCCC(=O)NO. The summed E-state index contributed by atoms with van der Waals surface area (Å²) in [5.74, 6) is -0.423. The second kappa shape index (κ2) is 17.7. The highest BCUT2D eigenvalue weighted by atomic mass is 16.5. The van der Waals surface area contributed by atoms with Crippen LogP contribution in [0.5, 0.6) is 0 Å². The molecule has 24 heavy (non-hydrogen) atoms. The number of hydroxylamine groups is 1. The highest BCUT2D eigenvalue weighted by molar-refractivity contribution is 5.74. The molecule has 0 aromatic heterocycles. The normalized spacial score (nSPS) is 13.6. The number of rotatable bonds is 14. The molecule has 0 saturated carbocycles. The van der Waals surface area contributed by atoms with E-state index in [0.29, 0.717) is 12.8 Å². The zero-order valence-electron chi connectivity index (χ0n) is 14.9. The van der Waals surface area contributed by atoms with Crippen molar-refractivity contribution in [3.8, 4) is 0 Å². The molecule has 0 aliphatic carbocycles. The van der Waals surface area contributed by atoms with E-state index in [1.54, 1.807) is 11.6 Å². The van der Waals surface area contributed by atoms with Gasteiger partial charge < -0.3 is 5.11 Å². The Balaban J connectivity index is 3.62. The van der Waals surface area contributed by atoms with Gasteiger partial charge in [-0.15, -0.1) is 0 Å². The van der Waals surface area contributed by atoms with Crippen molar-refractivity contribution in [2.24, 2.45) is 0 Å². The Labute approximate surface area is 146 Å². The van der Waals surface area contributed by atoms with Gasteiger partial charge in [0.1, 0.15) is 0 Å². The van der Waals surface area contributed by atoms with Crippen LogP contribution in [0.3, 0.4) is 0 Å². The van der Waals surface area contributed by atoms with Gasteiger partial charge in [-0.05, 0) is 38.5 Å². The molecule has 0 spiro atoms. The highest BCUT2D eigenvalue weighted by Gasteiger charge is 2.02. The molecule has 1 amide bonds. The van der Waals surface area contributed by atoms with Crippen molar-refractivity contribution >= 4 is 5.91 Å². The molecule has 0 aliphatic heterocycles. The van der Waals surface area contributed by atoms with Crippen LogP contribution in [0.1, 0.15) is 64.7 Å². The molecule has 0 fully saturated rings. The topological polar surface area (TPSA) is 69.6 Å². The number of unbranched alkanes of at least 4 members (excludes halogenated alkanes) is 3. The molecular formula is C20H33NO3. The second-order valence-electron chi connectivity index (χ2n) is 5.72. The average Bonchev–Trinajstić information content (AvgIpc) is 2.58. The third-order valence-corrected chi connectivity index (χ3v) is 3.46. The molecule has 0 aromatic carbocycles. The highest BCUT2D eigenvalue weighted by Crippen LogP contribution is 2.03. The molecule has 4 heteroatoms. The van der Waals surface area contributed by atoms with E-state index in [4.69, 9.17) is 5.21 Å². The van der Waals surface area contributed by atoms with Gasteiger partial charge >= 0.3 is 0 Å². The molecule has 3 N–H and O–H groups in total. The molecule has 0 aliphatic rings. The Hall–Kier alpha value is -1.65. The molecule has 0 bridgehead atoms. The first-order valence-electron chi connectivity index (χ1n) is 8.95. The first-order valence-corrected chi connectivity index (χ1v) is 8.95. The van der Waals surface area contributed by atoms with Gasteiger partial charge in [0.15, 0.2) is 0 Å². The number of carbonyl (C=O) groups is 1. The average molecular weight is 335 g/mol. The summed E-state index contributed by atoms with van der Waals surface area (Å²) >= 11 is 0. The van der Waals surface area contributed by atoms with E-state index < -0.39 is 12.0 Å². The van der Waals surface area contributed by atoms with Gasteiger partial charge in [-0.3, -0.25) is 10.0 Å². The van der Waals surface area contributed by atoms with Gasteiger partial charge in [0.05, 0.1) is 6.10 Å². The zero-order valence-corrected chi connectivity index (χ0v) is 14.9. The molecule has 136 valence electrons. The number of carbonyl (C=O) groups excluding carboxylic acids is 1. The fourth-order valence-electron chi connectivity index (χ4n) is 2.05. The van der Waals surface area contributed by atoms with E-state index in [0.717, 1.165) is 12.8 Å². The summed E-state index contributed by atoms with van der Waals surface area (Å²) in [5, 5.41) is 18.0. The molecule has 0 aromatic rings. The molecule has 0 radical (unpaired) electrons. The van der Waals surface area contributed by atoms with Crippen LogP contribution >= 0.6 is 0 Å². The minimum atomic E-state index is -0.561. The summed E-state index contributed by atoms with van der Waals surface area (Å²) in [5.41, 5.74) is 1.57. The minimum absolute atomic E-state index is 0.217. The van der Waals surface area contributed by atoms with Crippen LogP contribution in [-0.2, 0) is 4.79 Å². The summed E-state index contributed by atoms with van der Waals surface area (Å²) < 4.78 is 0. The quantitative estimate of drug-likeness (QED) is 0.143. The molecule has 4 nitrogen and oxygen atoms in total. The Bertz CT molecular complexity index is 411. The van der Waals surface area contributed by atoms with Gasteiger partial charge in [-0.1, -0.05) is 68.4 Å². The summed E-state index contributed by atoms with van der Waals surface area (Å²) in [6, 6.07) is 0. The predicted molar refractivity (Wildman–Crippen MR) is 99.7 cm³/mol. The Kier molecular flexibility index (Phi) is 16.5. The van der Waals surface area contributed by atoms with Crippen LogP contribution in [0, 0.1) is 0 Å². The molecule has 1 unspecified atom stereocenters. The largest absolute Gasteiger partial charge is 0.389 e. The number of hydrogen-bond donors (Lipinski definition) is 3. The third kappa shape index (κ3) is 16.7. The van der Waals surface area contributed by atoms with Crippen LogP contribution in [0.15, 0.2) is 48.6 Å². The van der Waals surface area contributed by atoms with Crippen LogP contribution in [0.2, 0.25) is 0 Å². The van der Waals surface area contributed by atoms with Crippen LogP contribution < -0.4 is 5.48 Å². The number of aliphatic hydroxyl groups excluding tert-OH is 1. The zero-order chi connectivity index (χ0) is 17.9. The van der Waals surface area contributed by atoms with Gasteiger partial charge in [0.25, 0.3) is 0 Å². The Morgan fingerprint density at radius 3 is 2.42 bits per heavy atom. The van der Waals surface area contributed by atoms with Crippen molar-refractivity contribution in [2.45, 2.75) is 70.8 Å². The summed E-state index contributed by atoms with van der Waals surface area (Å²) in [6.07, 6.45) is 23.8. The van der Waals surface area contributed by atoms with E-state index in [2.05, 4.69) is 31.2 Å². The van der Waals surface area contributed by atoms with Gasteiger partial charge in [0, 0.05) is 6.42 Å². The third-order valence-electron chi connectivity index (χ3n) is 3.46. The van der Waals surface area contributed by atoms with E-state index in [9.17, 15) is 9.90 Å². The number of aliphatic hydroxyl groups is 1.